The Kier molecular flexibility index (Phi) is 4.15. The number of ether oxygens (including phenoxy) is 1. The average molecular weight is 211 g/mol. The molecule has 0 unspecified atom stereocenters. The van der Waals surface area contributed by atoms with Crippen molar-refractivity contribution in [1.29, 1.82) is 0 Å². The lowest BCUT2D eigenvalue weighted by Gasteiger charge is -2.09. The van der Waals surface area contributed by atoms with Crippen molar-refractivity contribution in [3.05, 3.63) is 18.0 Å². The summed E-state index contributed by atoms with van der Waals surface area (Å²) in [6, 6.07) is 0. The SMILES string of the molecule is Cc1cnn(CCNC(=O)OC(C)C)c1. The second-order valence-electron chi connectivity index (χ2n) is 3.66. The van der Waals surface area contributed by atoms with Crippen molar-refractivity contribution in [2.24, 2.45) is 0 Å². The molecule has 0 fully saturated rings. The predicted octanol–water partition coefficient (Wildman–Crippen LogP) is 1.33. The first-order chi connectivity index (χ1) is 7.08. The quantitative estimate of drug-likeness (QED) is 0.817. The first kappa shape index (κ1) is 11.6. The zero-order valence-electron chi connectivity index (χ0n) is 9.36. The van der Waals surface area contributed by atoms with Crippen LogP contribution in [-0.2, 0) is 11.3 Å². The van der Waals surface area contributed by atoms with Gasteiger partial charge >= 0.3 is 6.09 Å². The molecule has 1 aromatic rings. The molecule has 0 radical (unpaired) electrons. The van der Waals surface area contributed by atoms with Gasteiger partial charge in [-0.1, -0.05) is 0 Å². The van der Waals surface area contributed by atoms with Gasteiger partial charge in [0.2, 0.25) is 0 Å². The summed E-state index contributed by atoms with van der Waals surface area (Å²) in [5.41, 5.74) is 1.11. The van der Waals surface area contributed by atoms with Gasteiger partial charge in [0.15, 0.2) is 0 Å². The van der Waals surface area contributed by atoms with Crippen LogP contribution < -0.4 is 5.32 Å². The molecule has 0 atom stereocenters. The molecular formula is C10H17N3O2. The Hall–Kier alpha value is -1.52. The number of carbonyl (C=O) groups is 1. The van der Waals surface area contributed by atoms with Crippen molar-refractivity contribution in [2.75, 3.05) is 6.54 Å². The first-order valence-corrected chi connectivity index (χ1v) is 5.01. The normalized spacial score (nSPS) is 10.4. The molecule has 15 heavy (non-hydrogen) atoms. The molecule has 1 aromatic heterocycles. The zero-order chi connectivity index (χ0) is 11.3. The smallest absolute Gasteiger partial charge is 0.407 e. The minimum atomic E-state index is -0.381. The van der Waals surface area contributed by atoms with E-state index in [1.807, 2.05) is 27.0 Å². The maximum absolute atomic E-state index is 11.1. The molecule has 0 aliphatic carbocycles. The Morgan fingerprint density at radius 3 is 2.93 bits per heavy atom. The summed E-state index contributed by atoms with van der Waals surface area (Å²) in [7, 11) is 0. The molecule has 0 aliphatic rings. The molecule has 5 nitrogen and oxygen atoms in total. The molecule has 5 heteroatoms. The summed E-state index contributed by atoms with van der Waals surface area (Å²) in [6.07, 6.45) is 3.24. The van der Waals surface area contributed by atoms with Crippen molar-refractivity contribution < 1.29 is 9.53 Å². The van der Waals surface area contributed by atoms with Crippen molar-refractivity contribution in [1.82, 2.24) is 15.1 Å². The molecule has 0 aliphatic heterocycles. The van der Waals surface area contributed by atoms with Crippen LogP contribution in [0.3, 0.4) is 0 Å². The number of nitrogens with zero attached hydrogens (tertiary/aromatic N) is 2. The van der Waals surface area contributed by atoms with Crippen LogP contribution in [0.4, 0.5) is 4.79 Å². The summed E-state index contributed by atoms with van der Waals surface area (Å²) < 4.78 is 6.70. The topological polar surface area (TPSA) is 56.2 Å². The number of aryl methyl sites for hydroxylation is 1. The van der Waals surface area contributed by atoms with Crippen LogP contribution in [0.5, 0.6) is 0 Å². The summed E-state index contributed by atoms with van der Waals surface area (Å²) in [6.45, 7) is 6.78. The summed E-state index contributed by atoms with van der Waals surface area (Å²) in [4.78, 5) is 11.1. The van der Waals surface area contributed by atoms with E-state index in [-0.39, 0.29) is 12.2 Å². The van der Waals surface area contributed by atoms with Crippen molar-refractivity contribution in [3.63, 3.8) is 0 Å². The molecule has 1 N–H and O–H groups in total. The number of amides is 1. The fraction of sp³-hybridized carbons (Fsp3) is 0.600. The lowest BCUT2D eigenvalue weighted by molar-refractivity contribution is 0.115. The van der Waals surface area contributed by atoms with E-state index in [0.29, 0.717) is 13.1 Å². The van der Waals surface area contributed by atoms with Gasteiger partial charge in [0.1, 0.15) is 0 Å². The van der Waals surface area contributed by atoms with Crippen LogP contribution in [0, 0.1) is 6.92 Å². The Morgan fingerprint density at radius 1 is 1.67 bits per heavy atom. The second-order valence-corrected chi connectivity index (χ2v) is 3.66. The summed E-state index contributed by atoms with van der Waals surface area (Å²) in [5, 5.41) is 6.75. The van der Waals surface area contributed by atoms with Gasteiger partial charge in [0, 0.05) is 12.7 Å². The Labute approximate surface area is 89.4 Å². The Morgan fingerprint density at radius 2 is 2.40 bits per heavy atom. The number of carbonyl (C=O) groups excluding carboxylic acids is 1. The second kappa shape index (κ2) is 5.38. The number of alkyl carbamates (subject to hydrolysis) is 1. The van der Waals surface area contributed by atoms with Crippen LogP contribution in [0.2, 0.25) is 0 Å². The number of aromatic nitrogens is 2. The average Bonchev–Trinajstić information content (AvgIpc) is 2.50. The van der Waals surface area contributed by atoms with Gasteiger partial charge in [-0.05, 0) is 26.3 Å². The van der Waals surface area contributed by atoms with Gasteiger partial charge in [0.25, 0.3) is 0 Å². The lowest BCUT2D eigenvalue weighted by atomic mass is 10.4. The summed E-state index contributed by atoms with van der Waals surface area (Å²) in [5.74, 6) is 0. The van der Waals surface area contributed by atoms with E-state index in [1.54, 1.807) is 10.9 Å². The number of hydrogen-bond acceptors (Lipinski definition) is 3. The molecule has 84 valence electrons. The van der Waals surface area contributed by atoms with E-state index in [4.69, 9.17) is 4.74 Å². The minimum Gasteiger partial charge on any atom is -0.447 e. The van der Waals surface area contributed by atoms with Crippen LogP contribution >= 0.6 is 0 Å². The van der Waals surface area contributed by atoms with Crippen LogP contribution in [0.15, 0.2) is 12.4 Å². The zero-order valence-corrected chi connectivity index (χ0v) is 9.36. The predicted molar refractivity (Wildman–Crippen MR) is 56.6 cm³/mol. The number of hydrogen-bond donors (Lipinski definition) is 1. The summed E-state index contributed by atoms with van der Waals surface area (Å²) >= 11 is 0. The van der Waals surface area contributed by atoms with Crippen molar-refractivity contribution >= 4 is 6.09 Å². The molecule has 1 heterocycles. The van der Waals surface area contributed by atoms with E-state index < -0.39 is 0 Å². The molecule has 1 amide bonds. The molecule has 0 aromatic carbocycles. The maximum atomic E-state index is 11.1. The van der Waals surface area contributed by atoms with E-state index in [2.05, 4.69) is 10.4 Å². The van der Waals surface area contributed by atoms with Gasteiger partial charge in [-0.25, -0.2) is 4.79 Å². The molecular weight excluding hydrogens is 194 g/mol. The minimum absolute atomic E-state index is 0.0862. The third-order valence-electron chi connectivity index (χ3n) is 1.72. The highest BCUT2D eigenvalue weighted by atomic mass is 16.6. The van der Waals surface area contributed by atoms with Gasteiger partial charge in [-0.15, -0.1) is 0 Å². The highest BCUT2D eigenvalue weighted by Crippen LogP contribution is 1.93. The van der Waals surface area contributed by atoms with Crippen LogP contribution in [0.1, 0.15) is 19.4 Å². The van der Waals surface area contributed by atoms with Crippen molar-refractivity contribution in [2.45, 2.75) is 33.4 Å². The molecule has 0 saturated heterocycles. The van der Waals surface area contributed by atoms with Crippen molar-refractivity contribution in [3.8, 4) is 0 Å². The fourth-order valence-electron chi connectivity index (χ4n) is 1.12. The van der Waals surface area contributed by atoms with E-state index >= 15 is 0 Å². The monoisotopic (exact) mass is 211 g/mol. The Bertz CT molecular complexity index is 320. The van der Waals surface area contributed by atoms with Gasteiger partial charge in [-0.3, -0.25) is 4.68 Å². The molecule has 0 bridgehead atoms. The first-order valence-electron chi connectivity index (χ1n) is 5.01. The van der Waals surface area contributed by atoms with Crippen LogP contribution in [-0.4, -0.2) is 28.5 Å². The fourth-order valence-corrected chi connectivity index (χ4v) is 1.12. The van der Waals surface area contributed by atoms with Gasteiger partial charge < -0.3 is 10.1 Å². The highest BCUT2D eigenvalue weighted by molar-refractivity contribution is 5.67. The van der Waals surface area contributed by atoms with Gasteiger partial charge in [0.05, 0.1) is 18.8 Å². The number of rotatable bonds is 4. The third-order valence-corrected chi connectivity index (χ3v) is 1.72. The largest absolute Gasteiger partial charge is 0.447 e. The standard InChI is InChI=1S/C10H17N3O2/c1-8(2)15-10(14)11-4-5-13-7-9(3)6-12-13/h6-8H,4-5H2,1-3H3,(H,11,14). The van der Waals surface area contributed by atoms with E-state index in [0.717, 1.165) is 5.56 Å². The Balaban J connectivity index is 2.19. The number of nitrogens with one attached hydrogen (secondary N) is 1. The maximum Gasteiger partial charge on any atom is 0.407 e. The van der Waals surface area contributed by atoms with Gasteiger partial charge in [-0.2, -0.15) is 5.10 Å². The van der Waals surface area contributed by atoms with Crippen LogP contribution in [0.25, 0.3) is 0 Å². The van der Waals surface area contributed by atoms with E-state index in [9.17, 15) is 4.79 Å². The lowest BCUT2D eigenvalue weighted by Crippen LogP contribution is -2.29. The van der Waals surface area contributed by atoms with E-state index in [1.165, 1.54) is 0 Å². The molecule has 0 spiro atoms. The third kappa shape index (κ3) is 4.49. The molecule has 1 rings (SSSR count). The highest BCUT2D eigenvalue weighted by Gasteiger charge is 2.03. The molecule has 0 saturated carbocycles.